The first-order valence-electron chi connectivity index (χ1n) is 6.29. The zero-order valence-corrected chi connectivity index (χ0v) is 12.0. The highest BCUT2D eigenvalue weighted by Crippen LogP contribution is 2.15. The molecule has 0 saturated heterocycles. The lowest BCUT2D eigenvalue weighted by Crippen LogP contribution is -2.14. The standard InChI is InChI=1S/C16H13FN2OS/c17-14-5-2-6-15(8-14)19-16(20)11-21-10-13-4-1-3-12(7-13)9-18/h1-8H,10-11H2,(H,19,20). The summed E-state index contributed by atoms with van der Waals surface area (Å²) >= 11 is 1.44. The maximum Gasteiger partial charge on any atom is 0.234 e. The highest BCUT2D eigenvalue weighted by atomic mass is 32.2. The summed E-state index contributed by atoms with van der Waals surface area (Å²) in [4.78, 5) is 11.7. The molecule has 2 aromatic rings. The topological polar surface area (TPSA) is 52.9 Å². The van der Waals surface area contributed by atoms with Gasteiger partial charge in [0.2, 0.25) is 5.91 Å². The van der Waals surface area contributed by atoms with Crippen LogP contribution in [-0.4, -0.2) is 11.7 Å². The number of nitrogens with one attached hydrogen (secondary N) is 1. The zero-order valence-electron chi connectivity index (χ0n) is 11.2. The van der Waals surface area contributed by atoms with E-state index in [1.807, 2.05) is 12.1 Å². The fraction of sp³-hybridized carbons (Fsp3) is 0.125. The average molecular weight is 300 g/mol. The summed E-state index contributed by atoms with van der Waals surface area (Å²) < 4.78 is 13.0. The van der Waals surface area contributed by atoms with Gasteiger partial charge in [0.1, 0.15) is 5.82 Å². The number of rotatable bonds is 5. The van der Waals surface area contributed by atoms with Gasteiger partial charge >= 0.3 is 0 Å². The van der Waals surface area contributed by atoms with E-state index < -0.39 is 0 Å². The highest BCUT2D eigenvalue weighted by molar-refractivity contribution is 7.99. The van der Waals surface area contributed by atoms with Gasteiger partial charge in [-0.15, -0.1) is 11.8 Å². The lowest BCUT2D eigenvalue weighted by Gasteiger charge is -2.05. The Kier molecular flexibility index (Phi) is 5.35. The lowest BCUT2D eigenvalue weighted by atomic mass is 10.2. The number of carbonyl (C=O) groups excluding carboxylic acids is 1. The first kappa shape index (κ1) is 15.1. The van der Waals surface area contributed by atoms with Crippen molar-refractivity contribution in [1.29, 1.82) is 5.26 Å². The van der Waals surface area contributed by atoms with Crippen LogP contribution in [-0.2, 0) is 10.5 Å². The molecule has 0 heterocycles. The normalized spacial score (nSPS) is 9.90. The van der Waals surface area contributed by atoms with Crippen molar-refractivity contribution in [1.82, 2.24) is 0 Å². The molecule has 3 nitrogen and oxygen atoms in total. The molecule has 2 rings (SSSR count). The minimum absolute atomic E-state index is 0.179. The van der Waals surface area contributed by atoms with E-state index in [9.17, 15) is 9.18 Å². The van der Waals surface area contributed by atoms with Gasteiger partial charge in [-0.2, -0.15) is 5.26 Å². The van der Waals surface area contributed by atoms with Gasteiger partial charge in [-0.25, -0.2) is 4.39 Å². The van der Waals surface area contributed by atoms with Crippen LogP contribution in [0.2, 0.25) is 0 Å². The van der Waals surface area contributed by atoms with Crippen LogP contribution in [0.5, 0.6) is 0 Å². The van der Waals surface area contributed by atoms with Crippen molar-refractivity contribution in [2.24, 2.45) is 0 Å². The summed E-state index contributed by atoms with van der Waals surface area (Å²) in [6.07, 6.45) is 0. The molecular weight excluding hydrogens is 287 g/mol. The van der Waals surface area contributed by atoms with Crippen LogP contribution in [0.4, 0.5) is 10.1 Å². The van der Waals surface area contributed by atoms with Crippen LogP contribution in [0.25, 0.3) is 0 Å². The molecule has 5 heteroatoms. The Hall–Kier alpha value is -2.32. The van der Waals surface area contributed by atoms with Crippen molar-refractivity contribution in [2.45, 2.75) is 5.75 Å². The number of hydrogen-bond donors (Lipinski definition) is 1. The van der Waals surface area contributed by atoms with Crippen LogP contribution in [0, 0.1) is 17.1 Å². The summed E-state index contributed by atoms with van der Waals surface area (Å²) in [5.74, 6) is 0.357. The fourth-order valence-corrected chi connectivity index (χ4v) is 2.53. The van der Waals surface area contributed by atoms with Crippen molar-refractivity contribution < 1.29 is 9.18 Å². The Morgan fingerprint density at radius 3 is 2.81 bits per heavy atom. The SMILES string of the molecule is N#Cc1cccc(CSCC(=O)Nc2cccc(F)c2)c1. The van der Waals surface area contributed by atoms with E-state index in [0.717, 1.165) is 5.56 Å². The van der Waals surface area contributed by atoms with Gasteiger partial charge in [0.05, 0.1) is 17.4 Å². The third-order valence-electron chi connectivity index (χ3n) is 2.67. The molecule has 0 spiro atoms. The summed E-state index contributed by atoms with van der Waals surface area (Å²) in [6, 6.07) is 15.2. The Morgan fingerprint density at radius 2 is 2.05 bits per heavy atom. The Morgan fingerprint density at radius 1 is 1.24 bits per heavy atom. The summed E-state index contributed by atoms with van der Waals surface area (Å²) in [5.41, 5.74) is 2.06. The van der Waals surface area contributed by atoms with Gasteiger partial charge in [-0.3, -0.25) is 4.79 Å². The number of amides is 1. The highest BCUT2D eigenvalue weighted by Gasteiger charge is 2.04. The molecule has 0 unspecified atom stereocenters. The molecule has 0 aliphatic carbocycles. The number of hydrogen-bond acceptors (Lipinski definition) is 3. The number of benzene rings is 2. The first-order chi connectivity index (χ1) is 10.2. The Labute approximate surface area is 126 Å². The van der Waals surface area contributed by atoms with Gasteiger partial charge in [0.25, 0.3) is 0 Å². The molecule has 0 fully saturated rings. The second kappa shape index (κ2) is 7.46. The summed E-state index contributed by atoms with van der Waals surface area (Å²) in [5, 5.41) is 11.5. The molecule has 1 amide bonds. The minimum Gasteiger partial charge on any atom is -0.325 e. The number of carbonyl (C=O) groups is 1. The van der Waals surface area contributed by atoms with Crippen LogP contribution in [0.1, 0.15) is 11.1 Å². The van der Waals surface area contributed by atoms with Crippen molar-refractivity contribution in [3.05, 3.63) is 65.5 Å². The Balaban J connectivity index is 1.80. The van der Waals surface area contributed by atoms with E-state index in [2.05, 4.69) is 11.4 Å². The van der Waals surface area contributed by atoms with E-state index in [-0.39, 0.29) is 17.5 Å². The predicted octanol–water partition coefficient (Wildman–Crippen LogP) is 3.57. The maximum absolute atomic E-state index is 13.0. The number of anilines is 1. The van der Waals surface area contributed by atoms with Crippen LogP contribution < -0.4 is 5.32 Å². The third kappa shape index (κ3) is 4.93. The third-order valence-corrected chi connectivity index (χ3v) is 3.67. The number of thioether (sulfide) groups is 1. The van der Waals surface area contributed by atoms with Gasteiger partial charge in [-0.1, -0.05) is 18.2 Å². The van der Waals surface area contributed by atoms with Crippen LogP contribution >= 0.6 is 11.8 Å². The zero-order chi connectivity index (χ0) is 15.1. The van der Waals surface area contributed by atoms with Crippen molar-refractivity contribution in [2.75, 3.05) is 11.1 Å². The smallest absolute Gasteiger partial charge is 0.234 e. The van der Waals surface area contributed by atoms with Crippen LogP contribution in [0.15, 0.2) is 48.5 Å². The molecule has 106 valence electrons. The predicted molar refractivity (Wildman–Crippen MR) is 82.3 cm³/mol. The summed E-state index contributed by atoms with van der Waals surface area (Å²) in [7, 11) is 0. The second-order valence-electron chi connectivity index (χ2n) is 4.36. The van der Waals surface area contributed by atoms with E-state index in [4.69, 9.17) is 5.26 Å². The van der Waals surface area contributed by atoms with E-state index >= 15 is 0 Å². The molecule has 0 radical (unpaired) electrons. The molecule has 2 aromatic carbocycles. The second-order valence-corrected chi connectivity index (χ2v) is 5.35. The van der Waals surface area contributed by atoms with Gasteiger partial charge in [0.15, 0.2) is 0 Å². The van der Waals surface area contributed by atoms with Gasteiger partial charge in [-0.05, 0) is 35.9 Å². The number of nitriles is 1. The molecule has 0 bridgehead atoms. The van der Waals surface area contributed by atoms with Gasteiger partial charge < -0.3 is 5.32 Å². The molecule has 0 aliphatic rings. The largest absolute Gasteiger partial charge is 0.325 e. The number of halogens is 1. The fourth-order valence-electron chi connectivity index (χ4n) is 1.76. The molecule has 0 aliphatic heterocycles. The van der Waals surface area contributed by atoms with Crippen molar-refractivity contribution in [3.8, 4) is 6.07 Å². The molecule has 0 atom stereocenters. The Bertz CT molecular complexity index is 682. The first-order valence-corrected chi connectivity index (χ1v) is 7.45. The average Bonchev–Trinajstić information content (AvgIpc) is 2.47. The molecule has 21 heavy (non-hydrogen) atoms. The number of nitrogens with zero attached hydrogens (tertiary/aromatic N) is 1. The van der Waals surface area contributed by atoms with Crippen LogP contribution in [0.3, 0.4) is 0 Å². The molecular formula is C16H13FN2OS. The molecule has 1 N–H and O–H groups in total. The minimum atomic E-state index is -0.381. The summed E-state index contributed by atoms with van der Waals surface area (Å²) in [6.45, 7) is 0. The maximum atomic E-state index is 13.0. The lowest BCUT2D eigenvalue weighted by molar-refractivity contribution is -0.113. The quantitative estimate of drug-likeness (QED) is 0.918. The molecule has 0 aromatic heterocycles. The van der Waals surface area contributed by atoms with Crippen molar-refractivity contribution >= 4 is 23.4 Å². The van der Waals surface area contributed by atoms with E-state index in [0.29, 0.717) is 17.0 Å². The molecule has 0 saturated carbocycles. The van der Waals surface area contributed by atoms with E-state index in [1.54, 1.807) is 24.3 Å². The van der Waals surface area contributed by atoms with E-state index in [1.165, 1.54) is 23.9 Å². The van der Waals surface area contributed by atoms with Crippen molar-refractivity contribution in [3.63, 3.8) is 0 Å². The van der Waals surface area contributed by atoms with Gasteiger partial charge in [0, 0.05) is 11.4 Å². The monoisotopic (exact) mass is 300 g/mol.